The fourth-order valence-corrected chi connectivity index (χ4v) is 4.17. The third kappa shape index (κ3) is 10.4. The van der Waals surface area contributed by atoms with Gasteiger partial charge in [0, 0.05) is 54.5 Å². The molecular weight excluding hydrogens is 528 g/mol. The molecular formula is C30H38N4O7. The number of carbonyl (C=O) groups excluding carboxylic acids is 4. The Morgan fingerprint density at radius 3 is 2.34 bits per heavy atom. The van der Waals surface area contributed by atoms with E-state index in [2.05, 4.69) is 9.98 Å². The van der Waals surface area contributed by atoms with E-state index in [1.807, 2.05) is 19.9 Å². The highest BCUT2D eigenvalue weighted by molar-refractivity contribution is 6.04. The summed E-state index contributed by atoms with van der Waals surface area (Å²) in [5.41, 5.74) is 7.61. The Kier molecular flexibility index (Phi) is 12.0. The molecule has 1 aromatic heterocycles. The number of piperidine rings is 1. The molecule has 1 aliphatic heterocycles. The second-order valence-corrected chi connectivity index (χ2v) is 10.4. The van der Waals surface area contributed by atoms with Crippen molar-refractivity contribution in [1.29, 1.82) is 0 Å². The fourth-order valence-electron chi connectivity index (χ4n) is 4.17. The largest absolute Gasteiger partial charge is 0.459 e. The second kappa shape index (κ2) is 15.6. The lowest BCUT2D eigenvalue weighted by atomic mass is 9.96. The predicted molar refractivity (Wildman–Crippen MR) is 151 cm³/mol. The second-order valence-electron chi connectivity index (χ2n) is 10.4. The van der Waals surface area contributed by atoms with Gasteiger partial charge in [-0.2, -0.15) is 4.99 Å². The normalized spacial score (nSPS) is 14.9. The molecule has 0 aliphatic carbocycles. The first kappa shape index (κ1) is 31.4. The van der Waals surface area contributed by atoms with Crippen molar-refractivity contribution in [2.45, 2.75) is 52.7 Å². The first-order chi connectivity index (χ1) is 19.6. The van der Waals surface area contributed by atoms with E-state index in [0.29, 0.717) is 37.1 Å². The molecule has 2 amide bonds. The zero-order chi connectivity index (χ0) is 29.8. The third-order valence-corrected chi connectivity index (χ3v) is 6.48. The fraction of sp³-hybridized carbons (Fsp3) is 0.467. The molecule has 2 N–H and O–H groups in total. The summed E-state index contributed by atoms with van der Waals surface area (Å²) in [6, 6.07) is 10.00. The number of hydrogen-bond acceptors (Lipinski definition) is 8. The van der Waals surface area contributed by atoms with Gasteiger partial charge < -0.3 is 24.8 Å². The molecule has 11 nitrogen and oxygen atoms in total. The van der Waals surface area contributed by atoms with Crippen LogP contribution in [-0.2, 0) is 30.4 Å². The summed E-state index contributed by atoms with van der Waals surface area (Å²) >= 11 is 0. The summed E-state index contributed by atoms with van der Waals surface area (Å²) in [6.07, 6.45) is 3.62. The van der Waals surface area contributed by atoms with Crippen LogP contribution in [0.1, 0.15) is 61.5 Å². The van der Waals surface area contributed by atoms with E-state index in [-0.39, 0.29) is 55.8 Å². The number of nitrogens with zero attached hydrogens (tertiary/aromatic N) is 3. The van der Waals surface area contributed by atoms with Crippen molar-refractivity contribution in [3.05, 3.63) is 65.5 Å². The Labute approximate surface area is 240 Å². The monoisotopic (exact) mass is 566 g/mol. The van der Waals surface area contributed by atoms with E-state index >= 15 is 0 Å². The number of nitrogens with two attached hydrogens (primary N) is 1. The van der Waals surface area contributed by atoms with Crippen molar-refractivity contribution in [2.24, 2.45) is 22.6 Å². The summed E-state index contributed by atoms with van der Waals surface area (Å²) in [5.74, 6) is -1.04. The number of aliphatic imine (C=N–C) groups is 1. The van der Waals surface area contributed by atoms with Gasteiger partial charge in [-0.05, 0) is 24.8 Å². The lowest BCUT2D eigenvalue weighted by Gasteiger charge is -2.33. The summed E-state index contributed by atoms with van der Waals surface area (Å²) in [5, 5.41) is 0. The maximum Gasteiger partial charge on any atom is 0.435 e. The minimum absolute atomic E-state index is 0.00434. The molecule has 0 unspecified atom stereocenters. The smallest absolute Gasteiger partial charge is 0.435 e. The topological polar surface area (TPSA) is 150 Å². The van der Waals surface area contributed by atoms with Gasteiger partial charge in [-0.1, -0.05) is 51.1 Å². The van der Waals surface area contributed by atoms with Gasteiger partial charge in [-0.15, -0.1) is 0 Å². The number of aromatic nitrogens is 1. The average molecular weight is 567 g/mol. The third-order valence-electron chi connectivity index (χ3n) is 6.48. The number of rotatable bonds is 12. The van der Waals surface area contributed by atoms with E-state index in [9.17, 15) is 19.2 Å². The molecule has 0 radical (unpaired) electrons. The molecule has 2 aromatic rings. The van der Waals surface area contributed by atoms with Crippen LogP contribution in [0.15, 0.2) is 53.8 Å². The molecule has 41 heavy (non-hydrogen) atoms. The van der Waals surface area contributed by atoms with E-state index in [4.69, 9.17) is 19.9 Å². The Hall–Kier alpha value is -4.12. The summed E-state index contributed by atoms with van der Waals surface area (Å²) in [7, 11) is 0. The van der Waals surface area contributed by atoms with Crippen molar-refractivity contribution in [3.63, 3.8) is 0 Å². The molecule has 220 valence electrons. The number of Topliss-reactive ketones (excluding diaryl/α,β-unsaturated/α-hetero) is 1. The van der Waals surface area contributed by atoms with Crippen molar-refractivity contribution < 1.29 is 33.4 Å². The lowest BCUT2D eigenvalue weighted by Crippen LogP contribution is -2.43. The molecule has 11 heteroatoms. The van der Waals surface area contributed by atoms with Crippen LogP contribution in [0.5, 0.6) is 0 Å². The van der Waals surface area contributed by atoms with Crippen molar-refractivity contribution >= 4 is 29.6 Å². The van der Waals surface area contributed by atoms with Gasteiger partial charge in [-0.25, -0.2) is 9.59 Å². The van der Waals surface area contributed by atoms with Crippen LogP contribution in [0.4, 0.5) is 4.79 Å². The maximum atomic E-state index is 13.0. The highest BCUT2D eigenvalue weighted by atomic mass is 16.6. The highest BCUT2D eigenvalue weighted by Gasteiger charge is 2.28. The molecule has 2 heterocycles. The van der Waals surface area contributed by atoms with Crippen LogP contribution in [0.25, 0.3) is 0 Å². The number of amidine groups is 1. The Morgan fingerprint density at radius 1 is 1.02 bits per heavy atom. The zero-order valence-corrected chi connectivity index (χ0v) is 23.8. The number of likely N-dealkylation sites (tertiary alicyclic amines) is 1. The lowest BCUT2D eigenvalue weighted by molar-refractivity contribution is -0.154. The molecule has 0 bridgehead atoms. The minimum Gasteiger partial charge on any atom is -0.459 e. The van der Waals surface area contributed by atoms with E-state index in [1.165, 1.54) is 0 Å². The maximum absolute atomic E-state index is 13.0. The number of esters is 1. The summed E-state index contributed by atoms with van der Waals surface area (Å²) < 4.78 is 15.9. The molecule has 1 aliphatic rings. The first-order valence-electron chi connectivity index (χ1n) is 13.7. The molecule has 1 saturated heterocycles. The van der Waals surface area contributed by atoms with Gasteiger partial charge in [0.1, 0.15) is 19.0 Å². The minimum atomic E-state index is -0.765. The zero-order valence-electron chi connectivity index (χ0n) is 23.8. The van der Waals surface area contributed by atoms with Gasteiger partial charge >= 0.3 is 12.1 Å². The molecule has 0 spiro atoms. The van der Waals surface area contributed by atoms with Gasteiger partial charge in [0.2, 0.25) is 5.91 Å². The van der Waals surface area contributed by atoms with Gasteiger partial charge in [0.15, 0.2) is 5.78 Å². The Morgan fingerprint density at radius 2 is 1.71 bits per heavy atom. The number of amides is 2. The van der Waals surface area contributed by atoms with Crippen LogP contribution in [0, 0.1) is 11.8 Å². The summed E-state index contributed by atoms with van der Waals surface area (Å²) in [6.45, 7) is 6.77. The Bertz CT molecular complexity index is 1210. The van der Waals surface area contributed by atoms with Gasteiger partial charge in [0.05, 0.1) is 12.7 Å². The Balaban J connectivity index is 1.39. The first-order valence-corrected chi connectivity index (χ1v) is 13.7. The molecule has 1 fully saturated rings. The number of pyridine rings is 1. The van der Waals surface area contributed by atoms with Crippen LogP contribution in [-0.4, -0.2) is 71.9 Å². The van der Waals surface area contributed by atoms with Crippen LogP contribution in [0.3, 0.4) is 0 Å². The van der Waals surface area contributed by atoms with Crippen LogP contribution in [0.2, 0.25) is 0 Å². The van der Waals surface area contributed by atoms with Crippen LogP contribution >= 0.6 is 0 Å². The number of carbonyl (C=O) groups is 4. The average Bonchev–Trinajstić information content (AvgIpc) is 2.98. The van der Waals surface area contributed by atoms with Crippen molar-refractivity contribution in [2.75, 3.05) is 26.3 Å². The molecule has 1 aromatic carbocycles. The number of ether oxygens (including phenoxy) is 3. The SMILES string of the molecule is CC(C)COC(=O)N=C(N)c1ccc(C(=O)C[C@@H](C)C(=O)N2CCC(OCC(=O)OCc3cccnc3)CC2)cc1. The van der Waals surface area contributed by atoms with Crippen molar-refractivity contribution in [1.82, 2.24) is 9.88 Å². The quantitative estimate of drug-likeness (QED) is 0.176. The van der Waals surface area contributed by atoms with Crippen LogP contribution < -0.4 is 5.73 Å². The molecule has 0 saturated carbocycles. The predicted octanol–water partition coefficient (Wildman–Crippen LogP) is 3.54. The standard InChI is InChI=1S/C30H38N4O7/c1-20(2)17-41-30(38)33-28(31)24-8-6-23(7-9-24)26(35)15-21(3)29(37)34-13-10-25(11-14-34)39-19-27(36)40-18-22-5-4-12-32-16-22/h4-9,12,16,20-21,25H,10-11,13-15,17-19H2,1-3H3,(H2,31,33,38)/t21-/m1/s1. The summed E-state index contributed by atoms with van der Waals surface area (Å²) in [4.78, 5) is 59.0. The van der Waals surface area contributed by atoms with Gasteiger partial charge in [0.25, 0.3) is 0 Å². The molecule has 1 atom stereocenters. The van der Waals surface area contributed by atoms with E-state index in [0.717, 1.165) is 5.56 Å². The highest BCUT2D eigenvalue weighted by Crippen LogP contribution is 2.19. The van der Waals surface area contributed by atoms with E-state index < -0.39 is 18.0 Å². The number of ketones is 1. The molecule has 3 rings (SSSR count). The van der Waals surface area contributed by atoms with Crippen molar-refractivity contribution in [3.8, 4) is 0 Å². The van der Waals surface area contributed by atoms with Gasteiger partial charge in [-0.3, -0.25) is 14.6 Å². The number of hydrogen-bond donors (Lipinski definition) is 1. The van der Waals surface area contributed by atoms with E-state index in [1.54, 1.807) is 54.5 Å². The number of benzene rings is 1.